The van der Waals surface area contributed by atoms with Crippen molar-refractivity contribution < 1.29 is 9.53 Å². The van der Waals surface area contributed by atoms with E-state index in [2.05, 4.69) is 26.5 Å². The molecule has 0 saturated heterocycles. The third-order valence-corrected chi connectivity index (χ3v) is 5.38. The minimum absolute atomic E-state index is 0.0724. The molecule has 1 aliphatic rings. The van der Waals surface area contributed by atoms with Crippen LogP contribution in [0.2, 0.25) is 5.02 Å². The van der Waals surface area contributed by atoms with Crippen LogP contribution in [-0.4, -0.2) is 18.2 Å². The van der Waals surface area contributed by atoms with Crippen LogP contribution in [0.5, 0.6) is 5.75 Å². The first-order valence-electron chi connectivity index (χ1n) is 9.57. The highest BCUT2D eigenvalue weighted by atomic mass is 79.9. The predicted molar refractivity (Wildman–Crippen MR) is 111 cm³/mol. The Morgan fingerprint density at radius 3 is 2.19 bits per heavy atom. The molecule has 144 valence electrons. The molecular weight excluding hydrogens is 416 g/mol. The largest absolute Gasteiger partial charge is 0.483 e. The average Bonchev–Trinajstić information content (AvgIpc) is 2.60. The minimum Gasteiger partial charge on any atom is -0.483 e. The van der Waals surface area contributed by atoms with Crippen molar-refractivity contribution in [1.82, 2.24) is 5.43 Å². The zero-order valence-electron chi connectivity index (χ0n) is 15.2. The Labute approximate surface area is 169 Å². The van der Waals surface area contributed by atoms with Gasteiger partial charge in [0.2, 0.25) is 0 Å². The summed E-state index contributed by atoms with van der Waals surface area (Å²) >= 11 is 9.27. The monoisotopic (exact) mass is 442 g/mol. The van der Waals surface area contributed by atoms with Crippen LogP contribution in [0.15, 0.2) is 27.8 Å². The SMILES string of the molecule is O=C(COc1ccc(Cl)cc1Br)NN=C1CCCCCCCCCCC1. The van der Waals surface area contributed by atoms with Crippen molar-refractivity contribution in [3.8, 4) is 5.75 Å². The van der Waals surface area contributed by atoms with Gasteiger partial charge in [-0.15, -0.1) is 0 Å². The van der Waals surface area contributed by atoms with E-state index >= 15 is 0 Å². The quantitative estimate of drug-likeness (QED) is 0.558. The van der Waals surface area contributed by atoms with E-state index in [1.54, 1.807) is 18.2 Å². The Hall–Kier alpha value is -1.07. The summed E-state index contributed by atoms with van der Waals surface area (Å²) in [6, 6.07) is 5.20. The lowest BCUT2D eigenvalue weighted by Gasteiger charge is -2.10. The number of nitrogens with one attached hydrogen (secondary N) is 1. The number of amides is 1. The Morgan fingerprint density at radius 1 is 1.04 bits per heavy atom. The maximum atomic E-state index is 12.0. The van der Waals surface area contributed by atoms with Crippen LogP contribution in [0.25, 0.3) is 0 Å². The summed E-state index contributed by atoms with van der Waals surface area (Å²) in [5.41, 5.74) is 3.75. The topological polar surface area (TPSA) is 50.7 Å². The van der Waals surface area contributed by atoms with Gasteiger partial charge in [-0.3, -0.25) is 4.79 Å². The summed E-state index contributed by atoms with van der Waals surface area (Å²) < 4.78 is 6.24. The molecular formula is C20H28BrClN2O2. The molecule has 0 heterocycles. The number of hydrazone groups is 1. The lowest BCUT2D eigenvalue weighted by Crippen LogP contribution is -2.26. The maximum absolute atomic E-state index is 12.0. The Bertz CT molecular complexity index is 593. The van der Waals surface area contributed by atoms with Crippen LogP contribution in [0, 0.1) is 0 Å². The van der Waals surface area contributed by atoms with Crippen LogP contribution in [0.4, 0.5) is 0 Å². The number of carbonyl (C=O) groups excluding carboxylic acids is 1. The summed E-state index contributed by atoms with van der Waals surface area (Å²) in [6.45, 7) is -0.0724. The van der Waals surface area contributed by atoms with E-state index in [9.17, 15) is 4.79 Å². The second kappa shape index (κ2) is 12.3. The predicted octanol–water partition coefficient (Wildman–Crippen LogP) is 6.26. The van der Waals surface area contributed by atoms with Crippen molar-refractivity contribution in [3.05, 3.63) is 27.7 Å². The molecule has 1 saturated carbocycles. The molecule has 1 aliphatic carbocycles. The van der Waals surface area contributed by atoms with Gasteiger partial charge in [-0.05, 0) is 59.8 Å². The number of ether oxygens (including phenoxy) is 1. The summed E-state index contributed by atoms with van der Waals surface area (Å²) in [5.74, 6) is 0.341. The van der Waals surface area contributed by atoms with Gasteiger partial charge in [0.1, 0.15) is 5.75 Å². The normalized spacial score (nSPS) is 16.9. The molecule has 0 aromatic heterocycles. The minimum atomic E-state index is -0.245. The molecule has 0 aliphatic heterocycles. The van der Waals surface area contributed by atoms with Crippen molar-refractivity contribution in [2.45, 2.75) is 70.6 Å². The highest BCUT2D eigenvalue weighted by Gasteiger charge is 2.07. The lowest BCUT2D eigenvalue weighted by atomic mass is 10.00. The Morgan fingerprint density at radius 2 is 1.62 bits per heavy atom. The van der Waals surface area contributed by atoms with Crippen molar-refractivity contribution in [1.29, 1.82) is 0 Å². The Kier molecular flexibility index (Phi) is 10.1. The molecule has 1 amide bonds. The number of hydrogen-bond acceptors (Lipinski definition) is 3. The van der Waals surface area contributed by atoms with Crippen molar-refractivity contribution in [2.24, 2.45) is 5.10 Å². The van der Waals surface area contributed by atoms with E-state index in [1.807, 2.05) is 0 Å². The zero-order valence-corrected chi connectivity index (χ0v) is 17.6. The molecule has 1 aromatic rings. The third kappa shape index (κ3) is 8.54. The van der Waals surface area contributed by atoms with Crippen LogP contribution < -0.4 is 10.2 Å². The highest BCUT2D eigenvalue weighted by Crippen LogP contribution is 2.27. The molecule has 0 radical (unpaired) electrons. The van der Waals surface area contributed by atoms with E-state index < -0.39 is 0 Å². The molecule has 0 atom stereocenters. The van der Waals surface area contributed by atoms with E-state index in [4.69, 9.17) is 16.3 Å². The Balaban J connectivity index is 1.79. The first kappa shape index (κ1) is 21.2. The second-order valence-corrected chi connectivity index (χ2v) is 8.05. The summed E-state index contributed by atoms with van der Waals surface area (Å²) in [7, 11) is 0. The lowest BCUT2D eigenvalue weighted by molar-refractivity contribution is -0.123. The molecule has 2 rings (SSSR count). The van der Waals surface area contributed by atoms with Gasteiger partial charge < -0.3 is 4.74 Å². The van der Waals surface area contributed by atoms with E-state index in [0.29, 0.717) is 10.8 Å². The second-order valence-electron chi connectivity index (χ2n) is 6.76. The van der Waals surface area contributed by atoms with E-state index in [0.717, 1.165) is 35.9 Å². The zero-order chi connectivity index (χ0) is 18.6. The molecule has 1 fully saturated rings. The number of carbonyl (C=O) groups is 1. The fraction of sp³-hybridized carbons (Fsp3) is 0.600. The van der Waals surface area contributed by atoms with E-state index in [-0.39, 0.29) is 12.5 Å². The molecule has 0 unspecified atom stereocenters. The molecule has 0 bridgehead atoms. The summed E-state index contributed by atoms with van der Waals surface area (Å²) in [5, 5.41) is 4.98. The molecule has 26 heavy (non-hydrogen) atoms. The van der Waals surface area contributed by atoms with E-state index in [1.165, 1.54) is 44.9 Å². The third-order valence-electron chi connectivity index (χ3n) is 4.52. The molecule has 0 spiro atoms. The first-order chi connectivity index (χ1) is 12.6. The number of hydrogen-bond donors (Lipinski definition) is 1. The molecule has 1 aromatic carbocycles. The fourth-order valence-corrected chi connectivity index (χ4v) is 3.84. The van der Waals surface area contributed by atoms with Crippen molar-refractivity contribution in [2.75, 3.05) is 6.61 Å². The number of benzene rings is 1. The standard InChI is InChI=1S/C20H28BrClN2O2/c21-18-14-16(22)12-13-19(18)26-15-20(25)24-23-17-10-8-6-4-2-1-3-5-7-9-11-17/h12-14H,1-11,15H2,(H,24,25). The fourth-order valence-electron chi connectivity index (χ4n) is 3.04. The van der Waals surface area contributed by atoms with Crippen molar-refractivity contribution in [3.63, 3.8) is 0 Å². The maximum Gasteiger partial charge on any atom is 0.277 e. The first-order valence-corrected chi connectivity index (χ1v) is 10.7. The molecule has 4 nitrogen and oxygen atoms in total. The smallest absolute Gasteiger partial charge is 0.277 e. The molecule has 6 heteroatoms. The average molecular weight is 444 g/mol. The van der Waals surface area contributed by atoms with Gasteiger partial charge in [0, 0.05) is 10.7 Å². The highest BCUT2D eigenvalue weighted by molar-refractivity contribution is 9.10. The van der Waals surface area contributed by atoms with Gasteiger partial charge in [0.25, 0.3) is 5.91 Å². The van der Waals surface area contributed by atoms with Crippen LogP contribution in [0.1, 0.15) is 70.6 Å². The van der Waals surface area contributed by atoms with Crippen LogP contribution in [0.3, 0.4) is 0 Å². The molecule has 1 N–H and O–H groups in total. The summed E-state index contributed by atoms with van der Waals surface area (Å²) in [6.07, 6.45) is 13.5. The summed E-state index contributed by atoms with van der Waals surface area (Å²) in [4.78, 5) is 12.0. The van der Waals surface area contributed by atoms with Crippen LogP contribution >= 0.6 is 27.5 Å². The number of halogens is 2. The van der Waals surface area contributed by atoms with Gasteiger partial charge in [0.05, 0.1) is 4.47 Å². The number of nitrogens with zero attached hydrogens (tertiary/aromatic N) is 1. The number of rotatable bonds is 4. The van der Waals surface area contributed by atoms with Gasteiger partial charge >= 0.3 is 0 Å². The van der Waals surface area contributed by atoms with Crippen LogP contribution in [-0.2, 0) is 4.79 Å². The van der Waals surface area contributed by atoms with Crippen molar-refractivity contribution >= 4 is 39.1 Å². The van der Waals surface area contributed by atoms with Gasteiger partial charge in [0.15, 0.2) is 6.61 Å². The van der Waals surface area contributed by atoms with Gasteiger partial charge in [-0.2, -0.15) is 5.10 Å². The van der Waals surface area contributed by atoms with Gasteiger partial charge in [-0.1, -0.05) is 56.5 Å². The van der Waals surface area contributed by atoms with Gasteiger partial charge in [-0.25, -0.2) is 5.43 Å².